The topological polar surface area (TPSA) is 46.1 Å². The van der Waals surface area contributed by atoms with Gasteiger partial charge in [-0.05, 0) is 53.2 Å². The third kappa shape index (κ3) is 4.39. The van der Waals surface area contributed by atoms with Crippen LogP contribution < -0.4 is 10.6 Å². The molecule has 4 heteroatoms. The van der Waals surface area contributed by atoms with E-state index < -0.39 is 0 Å². The van der Waals surface area contributed by atoms with E-state index in [1.807, 2.05) is 27.7 Å². The summed E-state index contributed by atoms with van der Waals surface area (Å²) < 4.78 is 2.16. The van der Waals surface area contributed by atoms with E-state index >= 15 is 0 Å². The minimum atomic E-state index is -0.195. The monoisotopic (exact) mass is 265 g/mol. The molecule has 1 rings (SSSR count). The molecular weight excluding hydrogens is 238 g/mol. The van der Waals surface area contributed by atoms with E-state index in [2.05, 4.69) is 42.2 Å². The number of carbonyl (C=O) groups is 1. The van der Waals surface area contributed by atoms with E-state index in [1.54, 1.807) is 0 Å². The van der Waals surface area contributed by atoms with Crippen molar-refractivity contribution in [3.05, 3.63) is 23.0 Å². The van der Waals surface area contributed by atoms with E-state index in [1.165, 1.54) is 17.0 Å². The first kappa shape index (κ1) is 15.8. The zero-order valence-corrected chi connectivity index (χ0v) is 13.2. The lowest BCUT2D eigenvalue weighted by Crippen LogP contribution is -2.49. The Morgan fingerprint density at radius 1 is 1.37 bits per heavy atom. The van der Waals surface area contributed by atoms with Gasteiger partial charge in [-0.25, -0.2) is 0 Å². The van der Waals surface area contributed by atoms with Gasteiger partial charge in [-0.15, -0.1) is 0 Å². The van der Waals surface area contributed by atoms with Gasteiger partial charge < -0.3 is 15.2 Å². The van der Waals surface area contributed by atoms with Crippen molar-refractivity contribution in [1.82, 2.24) is 15.2 Å². The molecule has 0 saturated heterocycles. The van der Waals surface area contributed by atoms with Gasteiger partial charge in [0.2, 0.25) is 5.91 Å². The van der Waals surface area contributed by atoms with Crippen LogP contribution in [-0.2, 0) is 18.4 Å². The highest BCUT2D eigenvalue weighted by Crippen LogP contribution is 2.13. The molecule has 19 heavy (non-hydrogen) atoms. The highest BCUT2D eigenvalue weighted by molar-refractivity contribution is 5.81. The highest BCUT2D eigenvalue weighted by atomic mass is 16.2. The Bertz CT molecular complexity index is 455. The van der Waals surface area contributed by atoms with Gasteiger partial charge in [0.1, 0.15) is 0 Å². The van der Waals surface area contributed by atoms with E-state index in [0.717, 1.165) is 0 Å². The van der Waals surface area contributed by atoms with Crippen LogP contribution in [0.15, 0.2) is 6.07 Å². The SMILES string of the molecule is Cc1cc(CNC(C)C(=O)NC(C)(C)C)c(C)n1C. The van der Waals surface area contributed by atoms with Gasteiger partial charge in [0.05, 0.1) is 6.04 Å². The second-order valence-electron chi connectivity index (χ2n) is 6.30. The third-order valence-corrected chi connectivity index (χ3v) is 3.37. The van der Waals surface area contributed by atoms with Crippen molar-refractivity contribution in [2.45, 2.75) is 59.7 Å². The Morgan fingerprint density at radius 2 is 1.95 bits per heavy atom. The minimum absolute atomic E-state index is 0.0396. The molecule has 0 saturated carbocycles. The highest BCUT2D eigenvalue weighted by Gasteiger charge is 2.19. The summed E-state index contributed by atoms with van der Waals surface area (Å²) in [6, 6.07) is 1.97. The molecule has 0 aliphatic carbocycles. The first-order valence-electron chi connectivity index (χ1n) is 6.79. The molecule has 2 N–H and O–H groups in total. The normalized spacial score (nSPS) is 13.4. The molecular formula is C15H27N3O. The first-order valence-corrected chi connectivity index (χ1v) is 6.79. The summed E-state index contributed by atoms with van der Waals surface area (Å²) in [4.78, 5) is 12.0. The van der Waals surface area contributed by atoms with Gasteiger partial charge >= 0.3 is 0 Å². The van der Waals surface area contributed by atoms with Gasteiger partial charge in [0.25, 0.3) is 0 Å². The van der Waals surface area contributed by atoms with Crippen LogP contribution in [0.2, 0.25) is 0 Å². The molecule has 1 aromatic rings. The molecule has 0 aromatic carbocycles. The van der Waals surface area contributed by atoms with Crippen molar-refractivity contribution in [3.8, 4) is 0 Å². The van der Waals surface area contributed by atoms with Crippen LogP contribution >= 0.6 is 0 Å². The van der Waals surface area contributed by atoms with Crippen molar-refractivity contribution in [2.24, 2.45) is 7.05 Å². The fraction of sp³-hybridized carbons (Fsp3) is 0.667. The third-order valence-electron chi connectivity index (χ3n) is 3.37. The number of carbonyl (C=O) groups excluding carboxylic acids is 1. The molecule has 0 aliphatic rings. The first-order chi connectivity index (χ1) is 8.61. The summed E-state index contributed by atoms with van der Waals surface area (Å²) >= 11 is 0. The van der Waals surface area contributed by atoms with Crippen LogP contribution in [0.3, 0.4) is 0 Å². The minimum Gasteiger partial charge on any atom is -0.352 e. The van der Waals surface area contributed by atoms with Crippen LogP contribution in [0.25, 0.3) is 0 Å². The zero-order chi connectivity index (χ0) is 14.8. The van der Waals surface area contributed by atoms with Crippen molar-refractivity contribution >= 4 is 5.91 Å². The largest absolute Gasteiger partial charge is 0.352 e. The van der Waals surface area contributed by atoms with Gasteiger partial charge in [0.15, 0.2) is 0 Å². The number of amides is 1. The zero-order valence-electron chi connectivity index (χ0n) is 13.2. The number of nitrogens with one attached hydrogen (secondary N) is 2. The van der Waals surface area contributed by atoms with Crippen LogP contribution in [-0.4, -0.2) is 22.1 Å². The average Bonchev–Trinajstić information content (AvgIpc) is 2.51. The molecule has 1 aromatic heterocycles. The van der Waals surface area contributed by atoms with E-state index in [-0.39, 0.29) is 17.5 Å². The fourth-order valence-electron chi connectivity index (χ4n) is 1.95. The van der Waals surface area contributed by atoms with Gasteiger partial charge in [-0.3, -0.25) is 4.79 Å². The maximum Gasteiger partial charge on any atom is 0.237 e. The number of rotatable bonds is 4. The molecule has 0 fully saturated rings. The molecule has 1 atom stereocenters. The van der Waals surface area contributed by atoms with Crippen molar-refractivity contribution in [3.63, 3.8) is 0 Å². The summed E-state index contributed by atoms with van der Waals surface area (Å²) in [6.07, 6.45) is 0. The number of aryl methyl sites for hydroxylation is 1. The molecule has 4 nitrogen and oxygen atoms in total. The number of hydrogen-bond acceptors (Lipinski definition) is 2. The van der Waals surface area contributed by atoms with Crippen LogP contribution in [0, 0.1) is 13.8 Å². The van der Waals surface area contributed by atoms with Gasteiger partial charge in [-0.2, -0.15) is 0 Å². The maximum atomic E-state index is 12.0. The molecule has 1 heterocycles. The number of nitrogens with zero attached hydrogens (tertiary/aromatic N) is 1. The predicted molar refractivity (Wildman–Crippen MR) is 79.1 cm³/mol. The van der Waals surface area contributed by atoms with E-state index in [4.69, 9.17) is 0 Å². The Labute approximate surface area is 116 Å². The molecule has 0 spiro atoms. The van der Waals surface area contributed by atoms with Crippen molar-refractivity contribution in [1.29, 1.82) is 0 Å². The van der Waals surface area contributed by atoms with Crippen molar-refractivity contribution in [2.75, 3.05) is 0 Å². The molecule has 0 aliphatic heterocycles. The molecule has 0 bridgehead atoms. The number of hydrogen-bond donors (Lipinski definition) is 2. The van der Waals surface area contributed by atoms with Crippen LogP contribution in [0.1, 0.15) is 44.6 Å². The Hall–Kier alpha value is -1.29. The smallest absolute Gasteiger partial charge is 0.237 e. The summed E-state index contributed by atoms with van der Waals surface area (Å²) in [7, 11) is 2.06. The summed E-state index contributed by atoms with van der Waals surface area (Å²) in [5.41, 5.74) is 3.54. The summed E-state index contributed by atoms with van der Waals surface area (Å²) in [5, 5.41) is 6.26. The predicted octanol–water partition coefficient (Wildman–Crippen LogP) is 2.03. The second kappa shape index (κ2) is 5.78. The van der Waals surface area contributed by atoms with Crippen LogP contribution in [0.5, 0.6) is 0 Å². The van der Waals surface area contributed by atoms with Crippen molar-refractivity contribution < 1.29 is 4.79 Å². The lowest BCUT2D eigenvalue weighted by atomic mass is 10.1. The Morgan fingerprint density at radius 3 is 2.37 bits per heavy atom. The molecule has 1 unspecified atom stereocenters. The van der Waals surface area contributed by atoms with E-state index in [9.17, 15) is 4.79 Å². The number of aromatic nitrogens is 1. The standard InChI is InChI=1S/C15H27N3O/c1-10-8-13(12(3)18(10)7)9-16-11(2)14(19)17-15(4,5)6/h8,11,16H,9H2,1-7H3,(H,17,19). The fourth-order valence-corrected chi connectivity index (χ4v) is 1.95. The quantitative estimate of drug-likeness (QED) is 0.875. The summed E-state index contributed by atoms with van der Waals surface area (Å²) in [5.74, 6) is 0.0396. The second-order valence-corrected chi connectivity index (χ2v) is 6.30. The molecule has 1 amide bonds. The lowest BCUT2D eigenvalue weighted by molar-refractivity contribution is -0.124. The average molecular weight is 265 g/mol. The van der Waals surface area contributed by atoms with Gasteiger partial charge in [-0.1, -0.05) is 0 Å². The van der Waals surface area contributed by atoms with Crippen LogP contribution in [0.4, 0.5) is 0 Å². The molecule has 108 valence electrons. The van der Waals surface area contributed by atoms with Gasteiger partial charge in [0, 0.05) is 30.5 Å². The maximum absolute atomic E-state index is 12.0. The Kier molecular flexibility index (Phi) is 4.80. The molecule has 0 radical (unpaired) electrons. The summed E-state index contributed by atoms with van der Waals surface area (Å²) in [6.45, 7) is 12.8. The van der Waals surface area contributed by atoms with E-state index in [0.29, 0.717) is 6.54 Å². The Balaban J connectivity index is 2.57. The lowest BCUT2D eigenvalue weighted by Gasteiger charge is -2.23.